The van der Waals surface area contributed by atoms with Crippen molar-refractivity contribution in [3.8, 4) is 0 Å². The van der Waals surface area contributed by atoms with E-state index in [-0.39, 0.29) is 25.1 Å². The van der Waals surface area contributed by atoms with Crippen molar-refractivity contribution in [3.63, 3.8) is 0 Å². The number of rotatable bonds is 7. The van der Waals surface area contributed by atoms with E-state index >= 15 is 0 Å². The second-order valence-corrected chi connectivity index (χ2v) is 6.87. The summed E-state index contributed by atoms with van der Waals surface area (Å²) in [7, 11) is 0. The summed E-state index contributed by atoms with van der Waals surface area (Å²) < 4.78 is 41.9. The second-order valence-electron chi connectivity index (χ2n) is 6.87. The molecule has 0 unspecified atom stereocenters. The van der Waals surface area contributed by atoms with Gasteiger partial charge in [-0.2, -0.15) is 13.2 Å². The molecule has 2 aromatic rings. The van der Waals surface area contributed by atoms with Crippen LogP contribution in [0, 0.1) is 0 Å². The fraction of sp³-hybridized carbons (Fsp3) is 0.400. The van der Waals surface area contributed by atoms with Crippen LogP contribution in [0.1, 0.15) is 34.7 Å². The molecule has 1 N–H and O–H groups in total. The zero-order valence-corrected chi connectivity index (χ0v) is 15.1. The molecule has 1 aromatic carbocycles. The molecule has 1 heterocycles. The quantitative estimate of drug-likeness (QED) is 0.735. The van der Waals surface area contributed by atoms with Crippen molar-refractivity contribution in [2.45, 2.75) is 37.5 Å². The molecule has 1 saturated carbocycles. The zero-order chi connectivity index (χ0) is 20.1. The summed E-state index contributed by atoms with van der Waals surface area (Å²) in [6.07, 6.45) is -1.36. The van der Waals surface area contributed by atoms with Crippen molar-refractivity contribution in [1.29, 1.82) is 0 Å². The fourth-order valence-electron chi connectivity index (χ4n) is 3.19. The first-order valence-electron chi connectivity index (χ1n) is 9.02. The van der Waals surface area contributed by atoms with Gasteiger partial charge >= 0.3 is 6.18 Å². The third-order valence-corrected chi connectivity index (χ3v) is 4.73. The summed E-state index contributed by atoms with van der Waals surface area (Å²) in [5, 5.41) is 2.93. The lowest BCUT2D eigenvalue weighted by Gasteiger charge is -2.36. The van der Waals surface area contributed by atoms with Crippen LogP contribution >= 0.6 is 0 Å². The Hall–Kier alpha value is -2.61. The summed E-state index contributed by atoms with van der Waals surface area (Å²) in [6, 6.07) is 12.8. The number of benzene rings is 1. The summed E-state index contributed by atoms with van der Waals surface area (Å²) >= 11 is 0. The molecule has 28 heavy (non-hydrogen) atoms. The van der Waals surface area contributed by atoms with E-state index in [4.69, 9.17) is 0 Å². The van der Waals surface area contributed by atoms with Gasteiger partial charge in [0.25, 0.3) is 11.5 Å². The average molecular weight is 394 g/mol. The van der Waals surface area contributed by atoms with E-state index in [1.54, 1.807) is 0 Å². The summed E-state index contributed by atoms with van der Waals surface area (Å²) in [4.78, 5) is 24.2. The molecule has 1 aromatic heterocycles. The monoisotopic (exact) mass is 394 g/mol. The molecule has 0 bridgehead atoms. The van der Waals surface area contributed by atoms with Gasteiger partial charge in [-0.05, 0) is 30.4 Å². The Morgan fingerprint density at radius 3 is 2.54 bits per heavy atom. The first-order valence-corrected chi connectivity index (χ1v) is 9.02. The van der Waals surface area contributed by atoms with Crippen LogP contribution in [-0.4, -0.2) is 35.9 Å². The first kappa shape index (κ1) is 20.1. The van der Waals surface area contributed by atoms with Crippen LogP contribution in [0.2, 0.25) is 0 Å². The van der Waals surface area contributed by atoms with Gasteiger partial charge in [0, 0.05) is 24.8 Å². The van der Waals surface area contributed by atoms with Crippen molar-refractivity contribution in [2.75, 3.05) is 13.2 Å². The van der Waals surface area contributed by atoms with E-state index in [1.165, 1.54) is 28.5 Å². The van der Waals surface area contributed by atoms with Crippen LogP contribution in [-0.2, 0) is 11.3 Å². The molecule has 1 aliphatic carbocycles. The number of aromatic nitrogens is 1. The molecule has 0 spiro atoms. The maximum atomic E-state index is 12.4. The molecule has 8 heteroatoms. The molecule has 0 saturated heterocycles. The van der Waals surface area contributed by atoms with Gasteiger partial charge in [0.05, 0.1) is 12.2 Å². The number of nitrogens with zero attached hydrogens (tertiary/aromatic N) is 1. The number of nitrogens with one attached hydrogen (secondary N) is 1. The zero-order valence-electron chi connectivity index (χ0n) is 15.1. The Labute approximate surface area is 160 Å². The van der Waals surface area contributed by atoms with Gasteiger partial charge in [0.15, 0.2) is 0 Å². The van der Waals surface area contributed by atoms with E-state index in [0.29, 0.717) is 11.5 Å². The van der Waals surface area contributed by atoms with Crippen molar-refractivity contribution >= 4 is 5.91 Å². The Balaban J connectivity index is 1.51. The minimum atomic E-state index is -4.41. The molecule has 0 atom stereocenters. The van der Waals surface area contributed by atoms with Gasteiger partial charge in [0.2, 0.25) is 0 Å². The molecular formula is C20H21F3N2O3. The number of amides is 1. The Kier molecular flexibility index (Phi) is 6.18. The first-order chi connectivity index (χ1) is 13.3. The lowest BCUT2D eigenvalue weighted by Crippen LogP contribution is -2.43. The third kappa shape index (κ3) is 5.45. The average Bonchev–Trinajstić information content (AvgIpc) is 2.62. The van der Waals surface area contributed by atoms with Crippen molar-refractivity contribution in [3.05, 3.63) is 70.1 Å². The van der Waals surface area contributed by atoms with Crippen LogP contribution in [0.15, 0.2) is 53.5 Å². The van der Waals surface area contributed by atoms with Crippen molar-refractivity contribution < 1.29 is 22.7 Å². The minimum absolute atomic E-state index is 0.0600. The molecule has 150 valence electrons. The van der Waals surface area contributed by atoms with Gasteiger partial charge in [0.1, 0.15) is 6.61 Å². The number of pyridine rings is 1. The Morgan fingerprint density at radius 1 is 1.14 bits per heavy atom. The highest BCUT2D eigenvalue weighted by Crippen LogP contribution is 2.36. The number of carbonyl (C=O) groups excluding carboxylic acids is 1. The third-order valence-electron chi connectivity index (χ3n) is 4.73. The molecule has 1 amide bonds. The number of halogens is 3. The van der Waals surface area contributed by atoms with Gasteiger partial charge in [-0.15, -0.1) is 0 Å². The lowest BCUT2D eigenvalue weighted by molar-refractivity contribution is -0.174. The second kappa shape index (κ2) is 8.60. The molecule has 5 nitrogen and oxygen atoms in total. The highest BCUT2D eigenvalue weighted by atomic mass is 19.4. The van der Waals surface area contributed by atoms with Crippen LogP contribution in [0.3, 0.4) is 0 Å². The smallest absolute Gasteiger partial charge is 0.370 e. The fourth-order valence-corrected chi connectivity index (χ4v) is 3.19. The normalized spacial score (nSPS) is 19.1. The lowest BCUT2D eigenvalue weighted by atomic mass is 9.76. The van der Waals surface area contributed by atoms with Gasteiger partial charge in [-0.3, -0.25) is 9.59 Å². The van der Waals surface area contributed by atoms with Gasteiger partial charge in [-0.1, -0.05) is 30.3 Å². The summed E-state index contributed by atoms with van der Waals surface area (Å²) in [5.41, 5.74) is 1.14. The van der Waals surface area contributed by atoms with E-state index in [1.807, 2.05) is 18.2 Å². The maximum Gasteiger partial charge on any atom is 0.411 e. The number of alkyl halides is 3. The minimum Gasteiger partial charge on any atom is -0.370 e. The summed E-state index contributed by atoms with van der Waals surface area (Å²) in [6.45, 7) is -1.70. The van der Waals surface area contributed by atoms with Crippen LogP contribution in [0.5, 0.6) is 0 Å². The molecule has 0 aliphatic heterocycles. The van der Waals surface area contributed by atoms with Crippen LogP contribution in [0.25, 0.3) is 0 Å². The predicted molar refractivity (Wildman–Crippen MR) is 97.2 cm³/mol. The Morgan fingerprint density at radius 2 is 1.86 bits per heavy atom. The molecular weight excluding hydrogens is 373 g/mol. The standard InChI is InChI=1S/C20H21F3N2O3/c21-20(22,23)13-28-9-8-25-12-15(6-7-18(25)26)19(27)24-17-10-16(11-17)14-4-2-1-3-5-14/h1-7,12,16-17H,8-11,13H2,(H,24,27). The molecule has 1 fully saturated rings. The van der Waals surface area contributed by atoms with Gasteiger partial charge in [-0.25, -0.2) is 0 Å². The topological polar surface area (TPSA) is 60.3 Å². The van der Waals surface area contributed by atoms with Crippen molar-refractivity contribution in [2.24, 2.45) is 0 Å². The maximum absolute atomic E-state index is 12.4. The van der Waals surface area contributed by atoms with E-state index in [9.17, 15) is 22.8 Å². The van der Waals surface area contributed by atoms with E-state index in [0.717, 1.165) is 12.8 Å². The largest absolute Gasteiger partial charge is 0.411 e. The van der Waals surface area contributed by atoms with Crippen LogP contribution < -0.4 is 10.9 Å². The number of hydrogen-bond acceptors (Lipinski definition) is 3. The Bertz CT molecular complexity index is 859. The number of ether oxygens (including phenoxy) is 1. The molecule has 1 aliphatic rings. The number of carbonyl (C=O) groups is 1. The highest BCUT2D eigenvalue weighted by Gasteiger charge is 2.31. The molecule has 3 rings (SSSR count). The molecule has 0 radical (unpaired) electrons. The van der Waals surface area contributed by atoms with Crippen LogP contribution in [0.4, 0.5) is 13.2 Å². The number of hydrogen-bond donors (Lipinski definition) is 1. The van der Waals surface area contributed by atoms with Crippen molar-refractivity contribution in [1.82, 2.24) is 9.88 Å². The van der Waals surface area contributed by atoms with E-state index in [2.05, 4.69) is 22.2 Å². The highest BCUT2D eigenvalue weighted by molar-refractivity contribution is 5.94. The SMILES string of the molecule is O=C(NC1CC(c2ccccc2)C1)c1ccc(=O)n(CCOCC(F)(F)F)c1. The van der Waals surface area contributed by atoms with Gasteiger partial charge < -0.3 is 14.6 Å². The van der Waals surface area contributed by atoms with E-state index < -0.39 is 18.3 Å². The predicted octanol–water partition coefficient (Wildman–Crippen LogP) is 3.10. The summed E-state index contributed by atoms with van der Waals surface area (Å²) in [5.74, 6) is 0.118.